The van der Waals surface area contributed by atoms with Crippen molar-refractivity contribution in [3.63, 3.8) is 0 Å². The minimum Gasteiger partial charge on any atom is -0.327 e. The van der Waals surface area contributed by atoms with Crippen LogP contribution in [0.5, 0.6) is 0 Å². The zero-order chi connectivity index (χ0) is 11.1. The second-order valence-corrected chi connectivity index (χ2v) is 5.55. The van der Waals surface area contributed by atoms with E-state index in [9.17, 15) is 0 Å². The summed E-state index contributed by atoms with van der Waals surface area (Å²) in [7, 11) is 0. The molecule has 1 heteroatoms. The predicted octanol–water partition coefficient (Wildman–Crippen LogP) is 4.11. The normalized spacial score (nSPS) is 29.0. The van der Waals surface area contributed by atoms with Crippen LogP contribution in [0.2, 0.25) is 0 Å². The molecule has 2 N–H and O–H groups in total. The lowest BCUT2D eigenvalue weighted by molar-refractivity contribution is 0.237. The molecule has 1 saturated carbocycles. The Morgan fingerprint density at radius 2 is 2.00 bits per heavy atom. The van der Waals surface area contributed by atoms with Gasteiger partial charge in [0.2, 0.25) is 0 Å². The van der Waals surface area contributed by atoms with Gasteiger partial charge in [0.05, 0.1) is 0 Å². The highest BCUT2D eigenvalue weighted by Gasteiger charge is 2.23. The van der Waals surface area contributed by atoms with Gasteiger partial charge in [-0.2, -0.15) is 0 Å². The summed E-state index contributed by atoms with van der Waals surface area (Å²) in [6.07, 6.45) is 12.3. The third kappa shape index (κ3) is 5.01. The summed E-state index contributed by atoms with van der Waals surface area (Å²) in [5.41, 5.74) is 6.29. The first-order valence-electron chi connectivity index (χ1n) is 6.99. The van der Waals surface area contributed by atoms with Crippen LogP contribution in [-0.4, -0.2) is 6.04 Å². The molecule has 1 aliphatic carbocycles. The van der Waals surface area contributed by atoms with Gasteiger partial charge in [-0.3, -0.25) is 0 Å². The molecule has 1 aliphatic rings. The fraction of sp³-hybridized carbons (Fsp3) is 1.00. The van der Waals surface area contributed by atoms with Crippen LogP contribution in [-0.2, 0) is 0 Å². The van der Waals surface area contributed by atoms with Gasteiger partial charge in [0, 0.05) is 6.04 Å². The Hall–Kier alpha value is -0.0400. The van der Waals surface area contributed by atoms with E-state index in [1.807, 2.05) is 0 Å². The lowest BCUT2D eigenvalue weighted by Crippen LogP contribution is -2.33. The molecular formula is C14H29N. The molecule has 1 nitrogen and oxygen atoms in total. The van der Waals surface area contributed by atoms with Gasteiger partial charge in [0.15, 0.2) is 0 Å². The molecular weight excluding hydrogens is 182 g/mol. The van der Waals surface area contributed by atoms with Gasteiger partial charge in [0.25, 0.3) is 0 Å². The molecule has 0 radical (unpaired) electrons. The number of hydrogen-bond donors (Lipinski definition) is 1. The molecule has 1 rings (SSSR count). The van der Waals surface area contributed by atoms with Crippen molar-refractivity contribution in [1.82, 2.24) is 0 Å². The van der Waals surface area contributed by atoms with E-state index in [1.54, 1.807) is 0 Å². The first-order chi connectivity index (χ1) is 7.24. The molecule has 0 heterocycles. The van der Waals surface area contributed by atoms with Crippen molar-refractivity contribution in [2.24, 2.45) is 17.6 Å². The maximum Gasteiger partial charge on any atom is 0.00672 e. The van der Waals surface area contributed by atoms with Crippen LogP contribution in [0.25, 0.3) is 0 Å². The molecule has 0 spiro atoms. The van der Waals surface area contributed by atoms with Gasteiger partial charge in [-0.25, -0.2) is 0 Å². The highest BCUT2D eigenvalue weighted by atomic mass is 14.6. The Morgan fingerprint density at radius 1 is 1.20 bits per heavy atom. The monoisotopic (exact) mass is 211 g/mol. The Kier molecular flexibility index (Phi) is 6.31. The smallest absolute Gasteiger partial charge is 0.00672 e. The zero-order valence-electron chi connectivity index (χ0n) is 10.7. The first kappa shape index (κ1) is 13.0. The van der Waals surface area contributed by atoms with Crippen LogP contribution >= 0.6 is 0 Å². The molecule has 0 amide bonds. The van der Waals surface area contributed by atoms with E-state index < -0.39 is 0 Å². The number of unbranched alkanes of at least 4 members (excludes halogenated alkanes) is 3. The molecule has 0 aromatic heterocycles. The summed E-state index contributed by atoms with van der Waals surface area (Å²) in [6, 6.07) is 0.490. The van der Waals surface area contributed by atoms with Gasteiger partial charge < -0.3 is 5.73 Å². The van der Waals surface area contributed by atoms with E-state index in [-0.39, 0.29) is 0 Å². The Labute approximate surface area is 95.8 Å². The van der Waals surface area contributed by atoms with E-state index in [0.29, 0.717) is 6.04 Å². The average molecular weight is 211 g/mol. The van der Waals surface area contributed by atoms with E-state index >= 15 is 0 Å². The molecule has 0 aromatic rings. The van der Waals surface area contributed by atoms with Crippen molar-refractivity contribution in [2.45, 2.75) is 77.7 Å². The van der Waals surface area contributed by atoms with Crippen LogP contribution in [0, 0.1) is 11.8 Å². The van der Waals surface area contributed by atoms with Crippen LogP contribution in [0.4, 0.5) is 0 Å². The van der Waals surface area contributed by atoms with Gasteiger partial charge >= 0.3 is 0 Å². The van der Waals surface area contributed by atoms with Gasteiger partial charge in [-0.05, 0) is 31.1 Å². The van der Waals surface area contributed by atoms with Crippen molar-refractivity contribution in [1.29, 1.82) is 0 Å². The van der Waals surface area contributed by atoms with Gasteiger partial charge in [0.1, 0.15) is 0 Å². The highest BCUT2D eigenvalue weighted by Crippen LogP contribution is 2.31. The molecule has 3 unspecified atom stereocenters. The molecule has 0 aromatic carbocycles. The van der Waals surface area contributed by atoms with Crippen molar-refractivity contribution < 1.29 is 0 Å². The molecule has 15 heavy (non-hydrogen) atoms. The van der Waals surface area contributed by atoms with Crippen molar-refractivity contribution in [3.05, 3.63) is 0 Å². The molecule has 0 saturated heterocycles. The Bertz CT molecular complexity index is 155. The standard InChI is InChI=1S/C14H29N/c1-3-4-5-6-10-14(15)13-9-7-8-12(2)11-13/h12-14H,3-11,15H2,1-2H3. The topological polar surface area (TPSA) is 26.0 Å². The van der Waals surface area contributed by atoms with E-state index in [2.05, 4.69) is 13.8 Å². The minimum atomic E-state index is 0.490. The summed E-state index contributed by atoms with van der Waals surface area (Å²) in [5.74, 6) is 1.75. The molecule has 90 valence electrons. The SMILES string of the molecule is CCCCCCC(N)C1CCCC(C)C1. The minimum absolute atomic E-state index is 0.490. The molecule has 3 atom stereocenters. The molecule has 1 fully saturated rings. The number of rotatable bonds is 6. The van der Waals surface area contributed by atoms with Crippen LogP contribution in [0.3, 0.4) is 0 Å². The summed E-state index contributed by atoms with van der Waals surface area (Å²) in [6.45, 7) is 4.65. The van der Waals surface area contributed by atoms with Crippen molar-refractivity contribution >= 4 is 0 Å². The maximum absolute atomic E-state index is 6.29. The summed E-state index contributed by atoms with van der Waals surface area (Å²) in [5, 5.41) is 0. The fourth-order valence-electron chi connectivity index (χ4n) is 2.91. The van der Waals surface area contributed by atoms with Crippen molar-refractivity contribution in [2.75, 3.05) is 0 Å². The second kappa shape index (κ2) is 7.27. The van der Waals surface area contributed by atoms with Crippen LogP contribution in [0.15, 0.2) is 0 Å². The predicted molar refractivity (Wildman–Crippen MR) is 67.9 cm³/mol. The highest BCUT2D eigenvalue weighted by molar-refractivity contribution is 4.78. The van der Waals surface area contributed by atoms with E-state index in [1.165, 1.54) is 57.8 Å². The average Bonchev–Trinajstić information content (AvgIpc) is 2.24. The van der Waals surface area contributed by atoms with Crippen LogP contribution in [0.1, 0.15) is 71.6 Å². The first-order valence-corrected chi connectivity index (χ1v) is 6.99. The molecule has 0 bridgehead atoms. The third-order valence-corrected chi connectivity index (χ3v) is 3.97. The van der Waals surface area contributed by atoms with E-state index in [0.717, 1.165) is 11.8 Å². The van der Waals surface area contributed by atoms with Crippen molar-refractivity contribution in [3.8, 4) is 0 Å². The fourth-order valence-corrected chi connectivity index (χ4v) is 2.91. The second-order valence-electron chi connectivity index (χ2n) is 5.55. The zero-order valence-corrected chi connectivity index (χ0v) is 10.7. The Morgan fingerprint density at radius 3 is 2.67 bits per heavy atom. The summed E-state index contributed by atoms with van der Waals surface area (Å²) >= 11 is 0. The lowest BCUT2D eigenvalue weighted by Gasteiger charge is -2.31. The van der Waals surface area contributed by atoms with Gasteiger partial charge in [-0.15, -0.1) is 0 Å². The Balaban J connectivity index is 2.12. The largest absolute Gasteiger partial charge is 0.327 e. The molecule has 0 aliphatic heterocycles. The number of nitrogens with two attached hydrogens (primary N) is 1. The summed E-state index contributed by atoms with van der Waals surface area (Å²) < 4.78 is 0. The summed E-state index contributed by atoms with van der Waals surface area (Å²) in [4.78, 5) is 0. The number of hydrogen-bond acceptors (Lipinski definition) is 1. The maximum atomic E-state index is 6.29. The lowest BCUT2D eigenvalue weighted by atomic mass is 9.77. The van der Waals surface area contributed by atoms with E-state index in [4.69, 9.17) is 5.73 Å². The third-order valence-electron chi connectivity index (χ3n) is 3.97. The van der Waals surface area contributed by atoms with Gasteiger partial charge in [-0.1, -0.05) is 52.4 Å². The quantitative estimate of drug-likeness (QED) is 0.657. The van der Waals surface area contributed by atoms with Crippen LogP contribution < -0.4 is 5.73 Å².